The average molecular weight is 306 g/mol. The molecular weight excluding hydrogens is 279 g/mol. The van der Waals surface area contributed by atoms with Crippen molar-refractivity contribution in [2.24, 2.45) is 5.92 Å². The van der Waals surface area contributed by atoms with Crippen LogP contribution in [-0.2, 0) is 4.79 Å². The van der Waals surface area contributed by atoms with E-state index in [1.54, 1.807) is 12.1 Å². The number of carbonyl (C=O) groups excluding carboxylic acids is 1. The molecule has 1 aliphatic rings. The summed E-state index contributed by atoms with van der Waals surface area (Å²) in [4.78, 5) is 14.6. The lowest BCUT2D eigenvalue weighted by Crippen LogP contribution is -2.45. The summed E-state index contributed by atoms with van der Waals surface area (Å²) in [6.45, 7) is 7.77. The van der Waals surface area contributed by atoms with Crippen LogP contribution in [0.3, 0.4) is 0 Å². The molecule has 1 N–H and O–H groups in total. The van der Waals surface area contributed by atoms with Crippen LogP contribution in [0.4, 0.5) is 4.39 Å². The number of amides is 1. The number of carbonyl (C=O) groups is 1. The first-order valence-electron chi connectivity index (χ1n) is 8.26. The van der Waals surface area contributed by atoms with Crippen molar-refractivity contribution in [3.8, 4) is 0 Å². The summed E-state index contributed by atoms with van der Waals surface area (Å²) in [5.74, 6) is 0.0599. The highest BCUT2D eigenvalue weighted by molar-refractivity contribution is 5.78. The van der Waals surface area contributed by atoms with Crippen molar-refractivity contribution in [3.05, 3.63) is 35.6 Å². The summed E-state index contributed by atoms with van der Waals surface area (Å²) in [7, 11) is 0. The summed E-state index contributed by atoms with van der Waals surface area (Å²) >= 11 is 0. The molecular formula is C18H27FN2O. The Morgan fingerprint density at radius 1 is 1.32 bits per heavy atom. The van der Waals surface area contributed by atoms with E-state index in [9.17, 15) is 9.18 Å². The maximum atomic E-state index is 13.1. The van der Waals surface area contributed by atoms with Gasteiger partial charge in [-0.1, -0.05) is 32.4 Å². The van der Waals surface area contributed by atoms with Gasteiger partial charge < -0.3 is 5.32 Å². The van der Waals surface area contributed by atoms with Gasteiger partial charge in [0.1, 0.15) is 5.82 Å². The SMILES string of the molecule is CC(C)[C@@H](NC(=O)CN1CCCC[C@H]1C)c1ccc(F)cc1. The third-order valence-corrected chi connectivity index (χ3v) is 4.50. The lowest BCUT2D eigenvalue weighted by atomic mass is 9.96. The Morgan fingerprint density at radius 3 is 2.59 bits per heavy atom. The van der Waals surface area contributed by atoms with E-state index in [0.29, 0.717) is 12.6 Å². The number of benzene rings is 1. The Kier molecular flexibility index (Phi) is 5.95. The van der Waals surface area contributed by atoms with Crippen LogP contribution in [0.2, 0.25) is 0 Å². The second kappa shape index (κ2) is 7.73. The molecule has 0 unspecified atom stereocenters. The largest absolute Gasteiger partial charge is 0.348 e. The summed E-state index contributed by atoms with van der Waals surface area (Å²) in [6.07, 6.45) is 3.59. The van der Waals surface area contributed by atoms with Gasteiger partial charge >= 0.3 is 0 Å². The zero-order valence-electron chi connectivity index (χ0n) is 13.8. The van der Waals surface area contributed by atoms with E-state index >= 15 is 0 Å². The maximum Gasteiger partial charge on any atom is 0.234 e. The predicted molar refractivity (Wildman–Crippen MR) is 87.0 cm³/mol. The fourth-order valence-electron chi connectivity index (χ4n) is 3.10. The van der Waals surface area contributed by atoms with Crippen LogP contribution in [0.1, 0.15) is 51.6 Å². The number of halogens is 1. The zero-order valence-corrected chi connectivity index (χ0v) is 13.8. The van der Waals surface area contributed by atoms with Gasteiger partial charge in [0, 0.05) is 6.04 Å². The van der Waals surface area contributed by atoms with Crippen molar-refractivity contribution in [1.29, 1.82) is 0 Å². The van der Waals surface area contributed by atoms with Gasteiger partial charge in [0.15, 0.2) is 0 Å². The normalized spacial score (nSPS) is 20.9. The Balaban J connectivity index is 1.98. The minimum atomic E-state index is -0.250. The van der Waals surface area contributed by atoms with Crippen LogP contribution in [0, 0.1) is 11.7 Å². The topological polar surface area (TPSA) is 32.3 Å². The first-order chi connectivity index (χ1) is 10.5. The molecule has 2 atom stereocenters. The maximum absolute atomic E-state index is 13.1. The van der Waals surface area contributed by atoms with E-state index < -0.39 is 0 Å². The first-order valence-corrected chi connectivity index (χ1v) is 8.26. The van der Waals surface area contributed by atoms with Crippen molar-refractivity contribution in [2.75, 3.05) is 13.1 Å². The van der Waals surface area contributed by atoms with E-state index in [-0.39, 0.29) is 23.7 Å². The molecule has 0 radical (unpaired) electrons. The van der Waals surface area contributed by atoms with Crippen molar-refractivity contribution < 1.29 is 9.18 Å². The summed E-state index contributed by atoms with van der Waals surface area (Å²) in [5, 5.41) is 3.12. The van der Waals surface area contributed by atoms with Crippen molar-refractivity contribution in [3.63, 3.8) is 0 Å². The Hall–Kier alpha value is -1.42. The Bertz CT molecular complexity index is 486. The van der Waals surface area contributed by atoms with Gasteiger partial charge in [0.2, 0.25) is 5.91 Å². The van der Waals surface area contributed by atoms with E-state index in [2.05, 4.69) is 31.0 Å². The van der Waals surface area contributed by atoms with E-state index in [1.165, 1.54) is 31.4 Å². The number of rotatable bonds is 5. The molecule has 1 aromatic rings. The molecule has 0 saturated carbocycles. The predicted octanol–water partition coefficient (Wildman–Crippen LogP) is 3.51. The monoisotopic (exact) mass is 306 g/mol. The standard InChI is InChI=1S/C18H27FN2O/c1-13(2)18(15-7-9-16(19)10-8-15)20-17(22)12-21-11-5-4-6-14(21)3/h7-10,13-14,18H,4-6,11-12H2,1-3H3,(H,20,22)/t14-,18-/m1/s1. The third kappa shape index (κ3) is 4.54. The van der Waals surface area contributed by atoms with Gasteiger partial charge in [-0.3, -0.25) is 9.69 Å². The lowest BCUT2D eigenvalue weighted by molar-refractivity contribution is -0.124. The minimum Gasteiger partial charge on any atom is -0.348 e. The van der Waals surface area contributed by atoms with E-state index in [1.807, 2.05) is 0 Å². The number of piperidine rings is 1. The van der Waals surface area contributed by atoms with Gasteiger partial charge in [0.25, 0.3) is 0 Å². The number of nitrogens with one attached hydrogen (secondary N) is 1. The minimum absolute atomic E-state index is 0.0526. The van der Waals surface area contributed by atoms with Gasteiger partial charge in [0.05, 0.1) is 12.6 Å². The van der Waals surface area contributed by atoms with Crippen molar-refractivity contribution in [2.45, 2.75) is 52.1 Å². The molecule has 1 heterocycles. The number of hydrogen-bond acceptors (Lipinski definition) is 2. The Morgan fingerprint density at radius 2 is 2.00 bits per heavy atom. The van der Waals surface area contributed by atoms with Crippen LogP contribution >= 0.6 is 0 Å². The highest BCUT2D eigenvalue weighted by Gasteiger charge is 2.23. The number of nitrogens with zero attached hydrogens (tertiary/aromatic N) is 1. The van der Waals surface area contributed by atoms with E-state index in [4.69, 9.17) is 0 Å². The molecule has 2 rings (SSSR count). The van der Waals surface area contributed by atoms with Crippen LogP contribution in [0.15, 0.2) is 24.3 Å². The summed E-state index contributed by atoms with van der Waals surface area (Å²) in [5.41, 5.74) is 0.955. The second-order valence-electron chi connectivity index (χ2n) is 6.66. The fourth-order valence-corrected chi connectivity index (χ4v) is 3.10. The van der Waals surface area contributed by atoms with Gasteiger partial charge in [-0.05, 0) is 49.9 Å². The lowest BCUT2D eigenvalue weighted by Gasteiger charge is -2.33. The molecule has 0 spiro atoms. The molecule has 122 valence electrons. The molecule has 1 saturated heterocycles. The molecule has 1 aromatic carbocycles. The second-order valence-corrected chi connectivity index (χ2v) is 6.66. The van der Waals surface area contributed by atoms with Gasteiger partial charge in [-0.2, -0.15) is 0 Å². The molecule has 0 aromatic heterocycles. The summed E-state index contributed by atoms with van der Waals surface area (Å²) in [6, 6.07) is 6.80. The first kappa shape index (κ1) is 16.9. The smallest absolute Gasteiger partial charge is 0.234 e. The van der Waals surface area contributed by atoms with Crippen LogP contribution in [-0.4, -0.2) is 29.9 Å². The van der Waals surface area contributed by atoms with Crippen LogP contribution in [0.25, 0.3) is 0 Å². The highest BCUT2D eigenvalue weighted by atomic mass is 19.1. The van der Waals surface area contributed by atoms with Crippen LogP contribution < -0.4 is 5.32 Å². The van der Waals surface area contributed by atoms with Crippen molar-refractivity contribution >= 4 is 5.91 Å². The highest BCUT2D eigenvalue weighted by Crippen LogP contribution is 2.22. The van der Waals surface area contributed by atoms with Gasteiger partial charge in [-0.15, -0.1) is 0 Å². The molecule has 1 fully saturated rings. The molecule has 0 bridgehead atoms. The molecule has 3 nitrogen and oxygen atoms in total. The molecule has 1 aliphatic heterocycles. The fraction of sp³-hybridized carbons (Fsp3) is 0.611. The van der Waals surface area contributed by atoms with E-state index in [0.717, 1.165) is 12.1 Å². The molecule has 4 heteroatoms. The Labute approximate surface area is 132 Å². The zero-order chi connectivity index (χ0) is 16.1. The molecule has 22 heavy (non-hydrogen) atoms. The van der Waals surface area contributed by atoms with Crippen LogP contribution in [0.5, 0.6) is 0 Å². The van der Waals surface area contributed by atoms with Gasteiger partial charge in [-0.25, -0.2) is 4.39 Å². The molecule has 1 amide bonds. The number of hydrogen-bond donors (Lipinski definition) is 1. The summed E-state index contributed by atoms with van der Waals surface area (Å²) < 4.78 is 13.1. The third-order valence-electron chi connectivity index (χ3n) is 4.50. The average Bonchev–Trinajstić information content (AvgIpc) is 2.48. The van der Waals surface area contributed by atoms with Crippen molar-refractivity contribution in [1.82, 2.24) is 10.2 Å². The molecule has 0 aliphatic carbocycles. The quantitative estimate of drug-likeness (QED) is 0.903. The number of likely N-dealkylation sites (tertiary alicyclic amines) is 1.